The Morgan fingerprint density at radius 2 is 1.50 bits per heavy atom. The first kappa shape index (κ1) is 21.8. The molecule has 0 bridgehead atoms. The monoisotopic (exact) mass is 442 g/mol. The van der Waals surface area contributed by atoms with Crippen molar-refractivity contribution in [3.05, 3.63) is 106 Å². The maximum absolute atomic E-state index is 13.5. The minimum atomic E-state index is -0.436. The Balaban J connectivity index is 1.79. The summed E-state index contributed by atoms with van der Waals surface area (Å²) in [7, 11) is 3.64. The zero-order chi connectivity index (χ0) is 22.5. The van der Waals surface area contributed by atoms with E-state index in [1.165, 1.54) is 4.88 Å². The normalized spacial score (nSPS) is 11.7. The van der Waals surface area contributed by atoms with Crippen LogP contribution in [0.25, 0.3) is 11.3 Å². The predicted octanol–water partition coefficient (Wildman–Crippen LogP) is 5.58. The van der Waals surface area contributed by atoms with E-state index in [2.05, 4.69) is 11.9 Å². The van der Waals surface area contributed by atoms with Gasteiger partial charge >= 0.3 is 0 Å². The summed E-state index contributed by atoms with van der Waals surface area (Å²) in [6, 6.07) is 27.7. The van der Waals surface area contributed by atoms with Crippen molar-refractivity contribution in [3.8, 4) is 17.0 Å². The lowest BCUT2D eigenvalue weighted by Gasteiger charge is -2.14. The molecule has 0 aliphatic rings. The second-order valence-electron chi connectivity index (χ2n) is 7.50. The van der Waals surface area contributed by atoms with Gasteiger partial charge in [0.15, 0.2) is 4.80 Å². The molecule has 0 fully saturated rings. The average Bonchev–Trinajstić information content (AvgIpc) is 3.15. The summed E-state index contributed by atoms with van der Waals surface area (Å²) >= 11 is 1.57. The standard InChI is InChI=1S/C27H26N2O2S/c1-4-23-25(21-15-17-22(31-3)18-16-21)29(2)27(32-23)28-26(30)24(19-11-7-5-8-12-19)20-13-9-6-10-14-20/h5-18,24H,4H2,1-3H3. The topological polar surface area (TPSA) is 43.6 Å². The molecule has 5 heteroatoms. The predicted molar refractivity (Wildman–Crippen MR) is 130 cm³/mol. The fraction of sp³-hybridized carbons (Fsp3) is 0.185. The van der Waals surface area contributed by atoms with Gasteiger partial charge in [0.25, 0.3) is 5.91 Å². The van der Waals surface area contributed by atoms with Crippen LogP contribution in [0.15, 0.2) is 89.9 Å². The molecule has 32 heavy (non-hydrogen) atoms. The third-order valence-electron chi connectivity index (χ3n) is 5.50. The van der Waals surface area contributed by atoms with E-state index < -0.39 is 5.92 Å². The lowest BCUT2D eigenvalue weighted by Crippen LogP contribution is -2.19. The number of amides is 1. The van der Waals surface area contributed by atoms with Crippen LogP contribution in [-0.2, 0) is 18.3 Å². The molecule has 0 saturated heterocycles. The van der Waals surface area contributed by atoms with Gasteiger partial charge in [0.05, 0.1) is 18.7 Å². The van der Waals surface area contributed by atoms with Gasteiger partial charge in [0, 0.05) is 11.9 Å². The second kappa shape index (κ2) is 9.79. The maximum atomic E-state index is 13.5. The van der Waals surface area contributed by atoms with Crippen LogP contribution in [-0.4, -0.2) is 17.6 Å². The van der Waals surface area contributed by atoms with Gasteiger partial charge in [0.2, 0.25) is 0 Å². The zero-order valence-electron chi connectivity index (χ0n) is 18.5. The molecule has 0 aliphatic heterocycles. The van der Waals surface area contributed by atoms with Gasteiger partial charge in [0.1, 0.15) is 5.75 Å². The highest BCUT2D eigenvalue weighted by Crippen LogP contribution is 2.29. The number of methoxy groups -OCH3 is 1. The number of aromatic nitrogens is 1. The summed E-state index contributed by atoms with van der Waals surface area (Å²) < 4.78 is 7.32. The van der Waals surface area contributed by atoms with Crippen LogP contribution in [0.4, 0.5) is 0 Å². The molecule has 1 aromatic heterocycles. The zero-order valence-corrected chi connectivity index (χ0v) is 19.3. The number of nitrogens with zero attached hydrogens (tertiary/aromatic N) is 2. The van der Waals surface area contributed by atoms with Gasteiger partial charge in [-0.3, -0.25) is 4.79 Å². The van der Waals surface area contributed by atoms with E-state index in [9.17, 15) is 4.79 Å². The first-order chi connectivity index (χ1) is 15.6. The van der Waals surface area contributed by atoms with Gasteiger partial charge in [-0.25, -0.2) is 0 Å². The van der Waals surface area contributed by atoms with Crippen molar-refractivity contribution >= 4 is 17.2 Å². The van der Waals surface area contributed by atoms with E-state index in [0.29, 0.717) is 4.80 Å². The number of benzene rings is 3. The lowest BCUT2D eigenvalue weighted by atomic mass is 9.91. The van der Waals surface area contributed by atoms with Crippen LogP contribution in [0.3, 0.4) is 0 Å². The molecule has 1 amide bonds. The molecule has 0 atom stereocenters. The van der Waals surface area contributed by atoms with E-state index >= 15 is 0 Å². The minimum Gasteiger partial charge on any atom is -0.497 e. The van der Waals surface area contributed by atoms with Crippen LogP contribution < -0.4 is 9.54 Å². The summed E-state index contributed by atoms with van der Waals surface area (Å²) in [5.74, 6) is 0.218. The van der Waals surface area contributed by atoms with Crippen molar-refractivity contribution in [2.24, 2.45) is 12.0 Å². The van der Waals surface area contributed by atoms with E-state index in [0.717, 1.165) is 34.6 Å². The molecule has 162 valence electrons. The number of hydrogen-bond donors (Lipinski definition) is 0. The van der Waals surface area contributed by atoms with Gasteiger partial charge < -0.3 is 9.30 Å². The Morgan fingerprint density at radius 1 is 0.938 bits per heavy atom. The first-order valence-electron chi connectivity index (χ1n) is 10.6. The van der Waals surface area contributed by atoms with Gasteiger partial charge in [-0.2, -0.15) is 4.99 Å². The summed E-state index contributed by atoms with van der Waals surface area (Å²) in [5, 5.41) is 0. The summed E-state index contributed by atoms with van der Waals surface area (Å²) in [6.45, 7) is 2.13. The van der Waals surface area contributed by atoms with Crippen LogP contribution in [0, 0.1) is 0 Å². The molecule has 4 nitrogen and oxygen atoms in total. The number of aryl methyl sites for hydroxylation is 1. The number of carbonyl (C=O) groups is 1. The van der Waals surface area contributed by atoms with Crippen LogP contribution in [0.1, 0.15) is 28.8 Å². The van der Waals surface area contributed by atoms with Crippen LogP contribution in [0.5, 0.6) is 5.75 Å². The Morgan fingerprint density at radius 3 is 2.00 bits per heavy atom. The fourth-order valence-corrected chi connectivity index (χ4v) is 4.96. The van der Waals surface area contributed by atoms with Crippen molar-refractivity contribution in [1.82, 2.24) is 4.57 Å². The number of rotatable bonds is 6. The van der Waals surface area contributed by atoms with Crippen molar-refractivity contribution in [3.63, 3.8) is 0 Å². The average molecular weight is 443 g/mol. The molecule has 0 unspecified atom stereocenters. The van der Waals surface area contributed by atoms with Gasteiger partial charge in [-0.15, -0.1) is 11.3 Å². The molecule has 0 radical (unpaired) electrons. The number of ether oxygens (including phenoxy) is 1. The smallest absolute Gasteiger partial charge is 0.260 e. The van der Waals surface area contributed by atoms with Gasteiger partial charge in [-0.05, 0) is 47.4 Å². The minimum absolute atomic E-state index is 0.164. The second-order valence-corrected chi connectivity index (χ2v) is 8.56. The largest absolute Gasteiger partial charge is 0.497 e. The van der Waals surface area contributed by atoms with Crippen molar-refractivity contribution < 1.29 is 9.53 Å². The van der Waals surface area contributed by atoms with Gasteiger partial charge in [-0.1, -0.05) is 67.6 Å². The van der Waals surface area contributed by atoms with Crippen molar-refractivity contribution in [2.45, 2.75) is 19.3 Å². The molecule has 0 N–H and O–H groups in total. The van der Waals surface area contributed by atoms with E-state index in [4.69, 9.17) is 4.74 Å². The highest BCUT2D eigenvalue weighted by atomic mass is 32.1. The Hall–Kier alpha value is -3.44. The summed E-state index contributed by atoms with van der Waals surface area (Å²) in [4.78, 5) is 20.0. The maximum Gasteiger partial charge on any atom is 0.260 e. The molecule has 1 heterocycles. The number of carbonyl (C=O) groups excluding carboxylic acids is 1. The van der Waals surface area contributed by atoms with Crippen LogP contribution >= 0.6 is 11.3 Å². The summed E-state index contributed by atoms with van der Waals surface area (Å²) in [5.41, 5.74) is 4.05. The highest BCUT2D eigenvalue weighted by Gasteiger charge is 2.23. The molecule has 4 aromatic rings. The van der Waals surface area contributed by atoms with Crippen molar-refractivity contribution in [1.29, 1.82) is 0 Å². The van der Waals surface area contributed by atoms with E-state index in [1.54, 1.807) is 18.4 Å². The molecule has 0 spiro atoms. The Bertz CT molecular complexity index is 1220. The molecule has 3 aromatic carbocycles. The van der Waals surface area contributed by atoms with E-state index in [-0.39, 0.29) is 5.91 Å². The van der Waals surface area contributed by atoms with E-state index in [1.807, 2.05) is 96.5 Å². The number of thiazole rings is 1. The van der Waals surface area contributed by atoms with Crippen LogP contribution in [0.2, 0.25) is 0 Å². The molecular formula is C27H26N2O2S. The molecular weight excluding hydrogens is 416 g/mol. The Labute approximate surface area is 192 Å². The first-order valence-corrected chi connectivity index (χ1v) is 11.5. The lowest BCUT2D eigenvalue weighted by molar-refractivity contribution is -0.118. The molecule has 0 saturated carbocycles. The third-order valence-corrected chi connectivity index (χ3v) is 6.78. The Kier molecular flexibility index (Phi) is 6.66. The van der Waals surface area contributed by atoms with Crippen molar-refractivity contribution in [2.75, 3.05) is 7.11 Å². The SMILES string of the molecule is CCc1sc(=NC(=O)C(c2ccccc2)c2ccccc2)n(C)c1-c1ccc(OC)cc1. The number of hydrogen-bond acceptors (Lipinski definition) is 3. The fourth-order valence-electron chi connectivity index (χ4n) is 3.88. The molecule has 4 rings (SSSR count). The quantitative estimate of drug-likeness (QED) is 0.391. The highest BCUT2D eigenvalue weighted by molar-refractivity contribution is 7.09. The summed E-state index contributed by atoms with van der Waals surface area (Å²) in [6.07, 6.45) is 0.865. The molecule has 0 aliphatic carbocycles. The third kappa shape index (κ3) is 4.43.